The third-order valence-corrected chi connectivity index (χ3v) is 3.51. The minimum atomic E-state index is -0.266. The van der Waals surface area contributed by atoms with Crippen molar-refractivity contribution in [1.29, 1.82) is 0 Å². The average Bonchev–Trinajstić information content (AvgIpc) is 2.79. The molecule has 1 aromatic heterocycles. The fourth-order valence-corrected chi connectivity index (χ4v) is 2.48. The Bertz CT molecular complexity index is 533. The zero-order chi connectivity index (χ0) is 13.8. The van der Waals surface area contributed by atoms with Crippen LogP contribution in [0.5, 0.6) is 0 Å². The van der Waals surface area contributed by atoms with Crippen molar-refractivity contribution < 1.29 is 4.39 Å². The van der Waals surface area contributed by atoms with Crippen LogP contribution in [0.1, 0.15) is 23.6 Å². The Morgan fingerprint density at radius 1 is 1.47 bits per heavy atom. The van der Waals surface area contributed by atoms with Crippen molar-refractivity contribution in [2.24, 2.45) is 7.05 Å². The van der Waals surface area contributed by atoms with E-state index in [1.807, 2.05) is 26.5 Å². The van der Waals surface area contributed by atoms with Crippen LogP contribution in [0.2, 0.25) is 5.02 Å². The molecule has 0 saturated heterocycles. The molecule has 2 rings (SSSR count). The van der Waals surface area contributed by atoms with Crippen LogP contribution in [0.25, 0.3) is 0 Å². The van der Waals surface area contributed by atoms with E-state index < -0.39 is 0 Å². The molecule has 102 valence electrons. The van der Waals surface area contributed by atoms with Gasteiger partial charge in [0, 0.05) is 29.9 Å². The Morgan fingerprint density at radius 2 is 2.26 bits per heavy atom. The molecule has 0 radical (unpaired) electrons. The molecule has 1 N–H and O–H groups in total. The Kier molecular flexibility index (Phi) is 4.56. The van der Waals surface area contributed by atoms with Crippen molar-refractivity contribution in [2.45, 2.75) is 18.9 Å². The number of halogens is 2. The third kappa shape index (κ3) is 3.33. The first-order valence-electron chi connectivity index (χ1n) is 6.20. The van der Waals surface area contributed by atoms with Gasteiger partial charge in [0.2, 0.25) is 0 Å². The average molecular weight is 282 g/mol. The quantitative estimate of drug-likeness (QED) is 0.913. The Morgan fingerprint density at radius 3 is 2.84 bits per heavy atom. The zero-order valence-corrected chi connectivity index (χ0v) is 11.8. The molecule has 0 bridgehead atoms. The van der Waals surface area contributed by atoms with Crippen LogP contribution in [0.3, 0.4) is 0 Å². The highest BCUT2D eigenvalue weighted by molar-refractivity contribution is 6.31. The lowest BCUT2D eigenvalue weighted by Gasteiger charge is -2.18. The predicted octanol–water partition coefficient (Wildman–Crippen LogP) is 3.11. The smallest absolute Gasteiger partial charge is 0.129 e. The third-order valence-electron chi connectivity index (χ3n) is 3.18. The molecule has 0 spiro atoms. The Balaban J connectivity index is 2.12. The summed E-state index contributed by atoms with van der Waals surface area (Å²) in [6.45, 7) is 0. The van der Waals surface area contributed by atoms with Crippen LogP contribution in [-0.2, 0) is 13.5 Å². The van der Waals surface area contributed by atoms with Gasteiger partial charge in [0.1, 0.15) is 5.82 Å². The molecule has 0 fully saturated rings. The summed E-state index contributed by atoms with van der Waals surface area (Å²) in [5.41, 5.74) is 1.67. The van der Waals surface area contributed by atoms with Gasteiger partial charge in [0.15, 0.2) is 0 Å². The molecule has 0 saturated carbocycles. The zero-order valence-electron chi connectivity index (χ0n) is 11.0. The van der Waals surface area contributed by atoms with Gasteiger partial charge < -0.3 is 5.32 Å². The number of nitrogens with one attached hydrogen (secondary N) is 1. The molecule has 19 heavy (non-hydrogen) atoms. The highest BCUT2D eigenvalue weighted by atomic mass is 35.5. The van der Waals surface area contributed by atoms with Crippen LogP contribution in [0.4, 0.5) is 4.39 Å². The maximum Gasteiger partial charge on any atom is 0.129 e. The van der Waals surface area contributed by atoms with Crippen molar-refractivity contribution in [3.8, 4) is 0 Å². The minimum Gasteiger partial charge on any atom is -0.313 e. The number of rotatable bonds is 5. The van der Waals surface area contributed by atoms with E-state index in [9.17, 15) is 4.39 Å². The van der Waals surface area contributed by atoms with Crippen molar-refractivity contribution in [3.05, 3.63) is 52.6 Å². The summed E-state index contributed by atoms with van der Waals surface area (Å²) >= 11 is 6.09. The van der Waals surface area contributed by atoms with Gasteiger partial charge in [-0.2, -0.15) is 5.10 Å². The molecule has 3 nitrogen and oxygen atoms in total. The summed E-state index contributed by atoms with van der Waals surface area (Å²) in [6, 6.07) is 4.67. The maximum absolute atomic E-state index is 13.9. The molecule has 0 amide bonds. The summed E-state index contributed by atoms with van der Waals surface area (Å²) in [4.78, 5) is 0. The summed E-state index contributed by atoms with van der Waals surface area (Å²) in [5.74, 6) is -0.266. The van der Waals surface area contributed by atoms with Crippen molar-refractivity contribution in [2.75, 3.05) is 7.05 Å². The van der Waals surface area contributed by atoms with Crippen LogP contribution in [0, 0.1) is 5.82 Å². The first kappa shape index (κ1) is 14.0. The molecule has 1 atom stereocenters. The van der Waals surface area contributed by atoms with Crippen molar-refractivity contribution >= 4 is 11.6 Å². The number of aromatic nitrogens is 2. The largest absolute Gasteiger partial charge is 0.313 e. The summed E-state index contributed by atoms with van der Waals surface area (Å²) in [5, 5.41) is 7.71. The first-order valence-corrected chi connectivity index (χ1v) is 6.58. The minimum absolute atomic E-state index is 0.103. The van der Waals surface area contributed by atoms with Gasteiger partial charge in [-0.05, 0) is 37.6 Å². The van der Waals surface area contributed by atoms with E-state index in [-0.39, 0.29) is 11.9 Å². The molecule has 5 heteroatoms. The van der Waals surface area contributed by atoms with Gasteiger partial charge in [-0.15, -0.1) is 0 Å². The number of hydrogen-bond acceptors (Lipinski definition) is 2. The van der Waals surface area contributed by atoms with Crippen LogP contribution < -0.4 is 5.32 Å². The fourth-order valence-electron chi connectivity index (χ4n) is 2.19. The molecule has 1 unspecified atom stereocenters. The van der Waals surface area contributed by atoms with Crippen LogP contribution in [-0.4, -0.2) is 16.8 Å². The number of hydrogen-bond donors (Lipinski definition) is 1. The number of benzene rings is 1. The van der Waals surface area contributed by atoms with Gasteiger partial charge in [-0.25, -0.2) is 4.39 Å². The fraction of sp³-hybridized carbons (Fsp3) is 0.357. The second-order valence-electron chi connectivity index (χ2n) is 4.54. The first-order chi connectivity index (χ1) is 9.11. The van der Waals surface area contributed by atoms with Crippen molar-refractivity contribution in [3.63, 3.8) is 0 Å². The molecule has 0 aliphatic rings. The lowest BCUT2D eigenvalue weighted by atomic mass is 10.00. The van der Waals surface area contributed by atoms with Crippen LogP contribution in [0.15, 0.2) is 30.6 Å². The number of nitrogens with zero attached hydrogens (tertiary/aromatic N) is 2. The molecule has 1 aromatic carbocycles. The Labute approximate surface area is 117 Å². The Hall–Kier alpha value is -1.39. The topological polar surface area (TPSA) is 29.9 Å². The van der Waals surface area contributed by atoms with Gasteiger partial charge in [0.25, 0.3) is 0 Å². The maximum atomic E-state index is 13.9. The monoisotopic (exact) mass is 281 g/mol. The molecule has 1 heterocycles. The lowest BCUT2D eigenvalue weighted by Crippen LogP contribution is -2.19. The van der Waals surface area contributed by atoms with Crippen LogP contribution >= 0.6 is 11.6 Å². The van der Waals surface area contributed by atoms with E-state index in [0.717, 1.165) is 18.4 Å². The van der Waals surface area contributed by atoms with Gasteiger partial charge in [-0.3, -0.25) is 4.68 Å². The molecular weight excluding hydrogens is 265 g/mol. The van der Waals surface area contributed by atoms with E-state index in [1.165, 1.54) is 6.07 Å². The second kappa shape index (κ2) is 6.17. The predicted molar refractivity (Wildman–Crippen MR) is 74.7 cm³/mol. The standard InChI is InChI=1S/C14H17ClFN3/c1-17-13(7-6-10-8-18-19(2)9-10)14-11(15)4-3-5-12(14)16/h3-5,8-9,13,17H,6-7H2,1-2H3. The van der Waals surface area contributed by atoms with E-state index in [0.29, 0.717) is 10.6 Å². The normalized spacial score (nSPS) is 12.6. The molecule has 0 aliphatic heterocycles. The van der Waals surface area contributed by atoms with Gasteiger partial charge in [-0.1, -0.05) is 17.7 Å². The number of aryl methyl sites for hydroxylation is 2. The summed E-state index contributed by atoms with van der Waals surface area (Å²) < 4.78 is 15.6. The summed E-state index contributed by atoms with van der Waals surface area (Å²) in [6.07, 6.45) is 5.39. The molecule has 2 aromatic rings. The van der Waals surface area contributed by atoms with E-state index in [1.54, 1.807) is 16.8 Å². The van der Waals surface area contributed by atoms with Gasteiger partial charge >= 0.3 is 0 Å². The van der Waals surface area contributed by atoms with Gasteiger partial charge in [0.05, 0.1) is 6.20 Å². The lowest BCUT2D eigenvalue weighted by molar-refractivity contribution is 0.509. The SMILES string of the molecule is CNC(CCc1cnn(C)c1)c1c(F)cccc1Cl. The highest BCUT2D eigenvalue weighted by Crippen LogP contribution is 2.28. The summed E-state index contributed by atoms with van der Waals surface area (Å²) in [7, 11) is 3.70. The molecular formula is C14H17ClFN3. The van der Waals surface area contributed by atoms with E-state index >= 15 is 0 Å². The van der Waals surface area contributed by atoms with E-state index in [2.05, 4.69) is 10.4 Å². The van der Waals surface area contributed by atoms with Crippen molar-refractivity contribution in [1.82, 2.24) is 15.1 Å². The second-order valence-corrected chi connectivity index (χ2v) is 4.94. The molecule has 0 aliphatic carbocycles. The van der Waals surface area contributed by atoms with E-state index in [4.69, 9.17) is 11.6 Å². The highest BCUT2D eigenvalue weighted by Gasteiger charge is 2.17.